The van der Waals surface area contributed by atoms with Gasteiger partial charge in [-0.3, -0.25) is 0 Å². The molecule has 0 atom stereocenters. The molecule has 0 amide bonds. The van der Waals surface area contributed by atoms with Crippen LogP contribution in [-0.2, 0) is 11.8 Å². The number of halogens is 4. The summed E-state index contributed by atoms with van der Waals surface area (Å²) < 4.78 is 0. The van der Waals surface area contributed by atoms with Gasteiger partial charge >= 0.3 is 0 Å². The van der Waals surface area contributed by atoms with Gasteiger partial charge in [0.1, 0.15) is 0 Å². The van der Waals surface area contributed by atoms with Gasteiger partial charge in [-0.1, -0.05) is 12.2 Å². The molecule has 0 saturated carbocycles. The molecule has 0 aliphatic carbocycles. The van der Waals surface area contributed by atoms with Crippen molar-refractivity contribution in [2.75, 3.05) is 0 Å². The topological polar surface area (TPSA) is 40.5 Å². The zero-order valence-corrected chi connectivity index (χ0v) is 9.70. The van der Waals surface area contributed by atoms with Crippen LogP contribution in [-0.4, -0.2) is 9.79 Å². The highest BCUT2D eigenvalue weighted by molar-refractivity contribution is 8.59. The molecule has 2 N–H and O–H groups in total. The van der Waals surface area contributed by atoms with E-state index < -0.39 is 5.69 Å². The van der Waals surface area contributed by atoms with Gasteiger partial charge in [0.05, 0.1) is 0 Å². The molecule has 0 unspecified atom stereocenters. The van der Waals surface area contributed by atoms with Crippen molar-refractivity contribution >= 4 is 79.4 Å². The van der Waals surface area contributed by atoms with Crippen molar-refractivity contribution < 1.29 is 9.79 Å². The molecule has 0 fully saturated rings. The largest absolute Gasteiger partial charge is 0.338 e. The summed E-state index contributed by atoms with van der Waals surface area (Å²) in [4.78, 5) is 15.7. The molecule has 0 spiro atoms. The Balaban J connectivity index is -0.0000000133. The van der Waals surface area contributed by atoms with Crippen LogP contribution in [0.2, 0.25) is 0 Å². The molecule has 0 aromatic carbocycles. The molecule has 2 nitrogen and oxygen atoms in total. The summed E-state index contributed by atoms with van der Waals surface area (Å²) in [5.74, 6) is 0. The number of thiol groups is 1. The second-order valence-electron chi connectivity index (χ2n) is 0.513. The zero-order valence-electron chi connectivity index (χ0n) is 3.83. The molecule has 0 aromatic heterocycles. The fraction of sp³-hybridized carbons (Fsp3) is 0. The Bertz CT molecular complexity index is 62.7. The van der Waals surface area contributed by atoms with Gasteiger partial charge in [-0.25, -0.2) is 0 Å². The SMILES string of the molecule is Cl.Cl.Cl.Cl.OP(O)(=S)S. The van der Waals surface area contributed by atoms with E-state index in [0.717, 1.165) is 0 Å². The molecular formula is H7Cl4O2PS2. The molecule has 9 heavy (non-hydrogen) atoms. The van der Waals surface area contributed by atoms with E-state index in [1.54, 1.807) is 0 Å². The second kappa shape index (κ2) is 12.7. The van der Waals surface area contributed by atoms with Gasteiger partial charge in [0.15, 0.2) is 0 Å². The number of hydrogen-bond donors (Lipinski definition) is 3. The Kier molecular flexibility index (Phi) is 43.1. The summed E-state index contributed by atoms with van der Waals surface area (Å²) in [7, 11) is 0. The van der Waals surface area contributed by atoms with Crippen molar-refractivity contribution in [2.24, 2.45) is 0 Å². The summed E-state index contributed by atoms with van der Waals surface area (Å²) in [6.07, 6.45) is 0. The first-order valence-corrected chi connectivity index (χ1v) is 4.64. The summed E-state index contributed by atoms with van der Waals surface area (Å²) in [6.45, 7) is 0. The van der Waals surface area contributed by atoms with E-state index in [2.05, 4.69) is 24.1 Å². The van der Waals surface area contributed by atoms with Crippen LogP contribution in [0.5, 0.6) is 0 Å². The summed E-state index contributed by atoms with van der Waals surface area (Å²) in [6, 6.07) is 0. The fourth-order valence-corrected chi connectivity index (χ4v) is 0. The van der Waals surface area contributed by atoms with Crippen molar-refractivity contribution in [2.45, 2.75) is 0 Å². The minimum absolute atomic E-state index is 0. The van der Waals surface area contributed by atoms with Gasteiger partial charge in [-0.15, -0.1) is 49.6 Å². The third kappa shape index (κ3) is 152. The predicted molar refractivity (Wildman–Crippen MR) is 56.7 cm³/mol. The quantitative estimate of drug-likeness (QED) is 0.467. The molecule has 0 heterocycles. The van der Waals surface area contributed by atoms with E-state index in [1.807, 2.05) is 0 Å². The highest BCUT2D eigenvalue weighted by Gasteiger charge is 1.90. The van der Waals surface area contributed by atoms with Crippen molar-refractivity contribution in [3.8, 4) is 0 Å². The Morgan fingerprint density at radius 2 is 1.00 bits per heavy atom. The molecule has 0 saturated heterocycles. The first kappa shape index (κ1) is 30.5. The molecule has 0 rings (SSSR count). The van der Waals surface area contributed by atoms with Crippen molar-refractivity contribution in [1.29, 1.82) is 0 Å². The zero-order chi connectivity index (χ0) is 4.50. The van der Waals surface area contributed by atoms with Gasteiger partial charge in [0, 0.05) is 0 Å². The van der Waals surface area contributed by atoms with Gasteiger partial charge in [0.25, 0.3) is 0 Å². The van der Waals surface area contributed by atoms with Crippen molar-refractivity contribution in [1.82, 2.24) is 0 Å². The minimum atomic E-state index is -3.11. The van der Waals surface area contributed by atoms with Crippen LogP contribution < -0.4 is 0 Å². The first-order chi connectivity index (χ1) is 2.00. The maximum absolute atomic E-state index is 7.87. The molecular weight excluding hydrogens is 269 g/mol. The van der Waals surface area contributed by atoms with E-state index in [9.17, 15) is 0 Å². The van der Waals surface area contributed by atoms with Crippen LogP contribution in [0.3, 0.4) is 0 Å². The van der Waals surface area contributed by atoms with Crippen LogP contribution in [0, 0.1) is 0 Å². The van der Waals surface area contributed by atoms with Gasteiger partial charge in [-0.2, -0.15) is 0 Å². The average Bonchev–Trinajstić information content (AvgIpc) is 0.722. The van der Waals surface area contributed by atoms with E-state index in [0.29, 0.717) is 0 Å². The van der Waals surface area contributed by atoms with Gasteiger partial charge in [-0.05, 0) is 11.8 Å². The Labute approximate surface area is 88.8 Å². The molecule has 0 bridgehead atoms. The van der Waals surface area contributed by atoms with Crippen LogP contribution >= 0.6 is 67.6 Å². The van der Waals surface area contributed by atoms with Crippen molar-refractivity contribution in [3.63, 3.8) is 0 Å². The van der Waals surface area contributed by atoms with E-state index >= 15 is 0 Å². The normalized spacial score (nSPS) is 6.56. The monoisotopic (exact) mass is 274 g/mol. The van der Waals surface area contributed by atoms with Crippen LogP contribution in [0.25, 0.3) is 0 Å². The first-order valence-electron chi connectivity index (χ1n) is 0.783. The lowest BCUT2D eigenvalue weighted by atomic mass is 15.9. The third-order valence-electron chi connectivity index (χ3n) is 0. The van der Waals surface area contributed by atoms with Crippen LogP contribution in [0.1, 0.15) is 0 Å². The Morgan fingerprint density at radius 1 is 1.00 bits per heavy atom. The van der Waals surface area contributed by atoms with E-state index in [4.69, 9.17) is 9.79 Å². The Morgan fingerprint density at radius 3 is 1.00 bits per heavy atom. The number of hydrogen-bond acceptors (Lipinski definition) is 1. The lowest BCUT2D eigenvalue weighted by Crippen LogP contribution is -1.53. The molecule has 0 aliphatic heterocycles. The smallest absolute Gasteiger partial charge is 0.239 e. The molecule has 0 aliphatic rings. The minimum Gasteiger partial charge on any atom is -0.338 e. The number of rotatable bonds is 0. The maximum Gasteiger partial charge on any atom is 0.239 e. The highest BCUT2D eigenvalue weighted by atomic mass is 35.5. The summed E-state index contributed by atoms with van der Waals surface area (Å²) in [5.41, 5.74) is -3.11. The Hall–Kier alpha value is 2.08. The van der Waals surface area contributed by atoms with Gasteiger partial charge in [0.2, 0.25) is 5.69 Å². The summed E-state index contributed by atoms with van der Waals surface area (Å²) in [5, 5.41) is 0. The lowest BCUT2D eigenvalue weighted by molar-refractivity contribution is 0.503. The molecule has 9 heteroatoms. The van der Waals surface area contributed by atoms with E-state index in [1.165, 1.54) is 0 Å². The lowest BCUT2D eigenvalue weighted by Gasteiger charge is -1.88. The average molecular weight is 276 g/mol. The third-order valence-corrected chi connectivity index (χ3v) is 0. The highest BCUT2D eigenvalue weighted by Crippen LogP contribution is 2.39. The van der Waals surface area contributed by atoms with Crippen LogP contribution in [0.4, 0.5) is 0 Å². The van der Waals surface area contributed by atoms with E-state index in [-0.39, 0.29) is 49.6 Å². The molecule has 64 valence electrons. The summed E-state index contributed by atoms with van der Waals surface area (Å²) >= 11 is 7.07. The second-order valence-corrected chi connectivity index (χ2v) is 5.55. The van der Waals surface area contributed by atoms with Crippen LogP contribution in [0.15, 0.2) is 0 Å². The maximum atomic E-state index is 7.87. The molecule has 0 radical (unpaired) electrons. The van der Waals surface area contributed by atoms with Crippen molar-refractivity contribution in [3.05, 3.63) is 0 Å². The molecule has 0 aromatic rings. The standard InChI is InChI=1S/4ClH.H3O2PS2/c;;;;1-3(2,4)5/h4*1H;(H3,1,2,4,5). The predicted octanol–water partition coefficient (Wildman–Crippen LogP) is 1.81. The van der Waals surface area contributed by atoms with Gasteiger partial charge < -0.3 is 9.79 Å². The fourth-order valence-electron chi connectivity index (χ4n) is 0.